The van der Waals surface area contributed by atoms with E-state index in [1.165, 1.54) is 22.9 Å². The van der Waals surface area contributed by atoms with Gasteiger partial charge in [0.05, 0.1) is 12.1 Å². The Bertz CT molecular complexity index is 1080. The Morgan fingerprint density at radius 1 is 0.900 bits per heavy atom. The Morgan fingerprint density at radius 3 is 2.20 bits per heavy atom. The van der Waals surface area contributed by atoms with E-state index in [4.69, 9.17) is 28.3 Å². The molecule has 2 aromatic carbocycles. The minimum absolute atomic E-state index is 0.124. The fourth-order valence-electron chi connectivity index (χ4n) is 2.84. The van der Waals surface area contributed by atoms with Crippen molar-refractivity contribution >= 4 is 46.7 Å². The summed E-state index contributed by atoms with van der Waals surface area (Å²) in [6, 6.07) is 17.1. The summed E-state index contributed by atoms with van der Waals surface area (Å²) in [4.78, 5) is 35.9. The highest BCUT2D eigenvalue weighted by Crippen LogP contribution is 2.23. The highest BCUT2D eigenvalue weighted by Gasteiger charge is 2.19. The average Bonchev–Trinajstić information content (AvgIpc) is 3.08. The number of aliphatic carboxylic acids is 1. The molecule has 2 amide bonds. The first-order valence-electron chi connectivity index (χ1n) is 8.90. The summed E-state index contributed by atoms with van der Waals surface area (Å²) in [6.45, 7) is 0. The maximum atomic E-state index is 12.5. The molecule has 0 atom stereocenters. The number of halogens is 2. The van der Waals surface area contributed by atoms with Crippen LogP contribution in [0, 0.1) is 0 Å². The third-order valence-electron chi connectivity index (χ3n) is 4.17. The molecule has 1 aromatic heterocycles. The maximum absolute atomic E-state index is 12.5. The second kappa shape index (κ2) is 9.47. The second-order valence-electron chi connectivity index (χ2n) is 6.36. The van der Waals surface area contributed by atoms with Gasteiger partial charge in [0.1, 0.15) is 0 Å². The number of aromatic nitrogens is 1. The molecule has 3 rings (SSSR count). The molecule has 30 heavy (non-hydrogen) atoms. The molecule has 0 fully saturated rings. The van der Waals surface area contributed by atoms with Gasteiger partial charge in [0.15, 0.2) is 0 Å². The van der Waals surface area contributed by atoms with Gasteiger partial charge in [0, 0.05) is 33.4 Å². The lowest BCUT2D eigenvalue weighted by molar-refractivity contribution is -0.137. The molecule has 7 nitrogen and oxygen atoms in total. The van der Waals surface area contributed by atoms with E-state index in [2.05, 4.69) is 10.7 Å². The number of nitrogens with one attached hydrogen (secondary N) is 2. The Morgan fingerprint density at radius 2 is 1.57 bits per heavy atom. The zero-order chi connectivity index (χ0) is 21.7. The van der Waals surface area contributed by atoms with Gasteiger partial charge < -0.3 is 10.4 Å². The third-order valence-corrected chi connectivity index (χ3v) is 4.60. The number of amides is 2. The summed E-state index contributed by atoms with van der Waals surface area (Å²) in [7, 11) is 0. The highest BCUT2D eigenvalue weighted by atomic mass is 35.5. The number of carbonyl (C=O) groups is 3. The number of nitrogens with zero attached hydrogens (tertiary/aromatic N) is 1. The number of hydrogen-bond donors (Lipinski definition) is 3. The largest absolute Gasteiger partial charge is 0.481 e. The van der Waals surface area contributed by atoms with Crippen molar-refractivity contribution in [2.24, 2.45) is 0 Å². The second-order valence-corrected chi connectivity index (χ2v) is 7.23. The summed E-state index contributed by atoms with van der Waals surface area (Å²) >= 11 is 11.8. The van der Waals surface area contributed by atoms with Crippen molar-refractivity contribution in [3.63, 3.8) is 0 Å². The van der Waals surface area contributed by atoms with Crippen molar-refractivity contribution in [2.75, 3.05) is 10.7 Å². The number of rotatable bonds is 6. The monoisotopic (exact) mass is 445 g/mol. The van der Waals surface area contributed by atoms with Crippen molar-refractivity contribution in [1.29, 1.82) is 0 Å². The van der Waals surface area contributed by atoms with Crippen LogP contribution >= 0.6 is 23.2 Å². The molecule has 0 saturated heterocycles. The molecular formula is C21H17Cl2N3O4. The number of carboxylic acids is 1. The van der Waals surface area contributed by atoms with Crippen LogP contribution in [-0.2, 0) is 20.8 Å². The summed E-state index contributed by atoms with van der Waals surface area (Å²) in [6.07, 6.45) is 0.0509. The summed E-state index contributed by atoms with van der Waals surface area (Å²) in [5.41, 5.74) is 4.76. The van der Waals surface area contributed by atoms with Gasteiger partial charge in [-0.25, -0.2) is 0 Å². The summed E-state index contributed by atoms with van der Waals surface area (Å²) in [5.74, 6) is -2.83. The van der Waals surface area contributed by atoms with Crippen molar-refractivity contribution < 1.29 is 19.5 Å². The van der Waals surface area contributed by atoms with Crippen molar-refractivity contribution in [3.05, 3.63) is 76.4 Å². The Kier molecular flexibility index (Phi) is 6.76. The molecule has 154 valence electrons. The molecule has 0 aliphatic carbocycles. The van der Waals surface area contributed by atoms with Crippen LogP contribution in [-0.4, -0.2) is 27.6 Å². The van der Waals surface area contributed by atoms with Crippen LogP contribution in [0.5, 0.6) is 0 Å². The quantitative estimate of drug-likeness (QED) is 0.495. The van der Waals surface area contributed by atoms with E-state index in [-0.39, 0.29) is 18.5 Å². The SMILES string of the molecule is O=C(O)CCc1ccc(-c2ccccc2)n1NC(=O)C(=O)Nc1cc(Cl)cc(Cl)c1. The van der Waals surface area contributed by atoms with Crippen molar-refractivity contribution in [3.8, 4) is 11.3 Å². The molecule has 0 bridgehead atoms. The Balaban J connectivity index is 1.84. The molecule has 3 aromatic rings. The first kappa shape index (κ1) is 21.4. The zero-order valence-corrected chi connectivity index (χ0v) is 17.1. The van der Waals surface area contributed by atoms with Gasteiger partial charge in [-0.2, -0.15) is 0 Å². The van der Waals surface area contributed by atoms with E-state index in [0.717, 1.165) is 5.56 Å². The fourth-order valence-corrected chi connectivity index (χ4v) is 3.37. The molecule has 0 unspecified atom stereocenters. The van der Waals surface area contributed by atoms with Crippen LogP contribution in [0.3, 0.4) is 0 Å². The molecule has 1 heterocycles. The number of hydrogen-bond acceptors (Lipinski definition) is 3. The van der Waals surface area contributed by atoms with E-state index in [1.54, 1.807) is 12.1 Å². The number of benzene rings is 2. The number of anilines is 1. The van der Waals surface area contributed by atoms with Crippen LogP contribution in [0.2, 0.25) is 10.0 Å². The van der Waals surface area contributed by atoms with Crippen molar-refractivity contribution in [2.45, 2.75) is 12.8 Å². The fraction of sp³-hybridized carbons (Fsp3) is 0.0952. The van der Waals surface area contributed by atoms with Gasteiger partial charge in [-0.15, -0.1) is 0 Å². The van der Waals surface area contributed by atoms with E-state index >= 15 is 0 Å². The molecule has 0 saturated carbocycles. The molecule has 0 spiro atoms. The van der Waals surface area contributed by atoms with E-state index < -0.39 is 17.8 Å². The smallest absolute Gasteiger partial charge is 0.328 e. The van der Waals surface area contributed by atoms with E-state index in [9.17, 15) is 14.4 Å². The van der Waals surface area contributed by atoms with Crippen LogP contribution in [0.15, 0.2) is 60.7 Å². The first-order chi connectivity index (χ1) is 14.3. The van der Waals surface area contributed by atoms with Crippen LogP contribution in [0.1, 0.15) is 12.1 Å². The summed E-state index contributed by atoms with van der Waals surface area (Å²) < 4.78 is 1.42. The van der Waals surface area contributed by atoms with Gasteiger partial charge in [-0.3, -0.25) is 24.5 Å². The molecular weight excluding hydrogens is 429 g/mol. The first-order valence-corrected chi connectivity index (χ1v) is 9.65. The predicted molar refractivity (Wildman–Crippen MR) is 115 cm³/mol. The molecule has 0 radical (unpaired) electrons. The predicted octanol–water partition coefficient (Wildman–Crippen LogP) is 4.19. The lowest BCUT2D eigenvalue weighted by Gasteiger charge is -2.15. The van der Waals surface area contributed by atoms with E-state index in [0.29, 0.717) is 21.4 Å². The lowest BCUT2D eigenvalue weighted by Crippen LogP contribution is -2.35. The minimum atomic E-state index is -0.967. The number of carbonyl (C=O) groups excluding carboxylic acids is 2. The average molecular weight is 446 g/mol. The van der Waals surface area contributed by atoms with E-state index in [1.807, 2.05) is 30.3 Å². The van der Waals surface area contributed by atoms with Gasteiger partial charge >= 0.3 is 17.8 Å². The number of aryl methyl sites for hydroxylation is 1. The van der Waals surface area contributed by atoms with Gasteiger partial charge in [0.2, 0.25) is 0 Å². The van der Waals surface area contributed by atoms with Gasteiger partial charge in [0.25, 0.3) is 0 Å². The standard InChI is InChI=1S/C21H17Cl2N3O4/c22-14-10-15(23)12-16(11-14)24-20(29)21(30)25-26-17(7-9-19(27)28)6-8-18(26)13-4-2-1-3-5-13/h1-6,8,10-12H,7,9H2,(H,24,29)(H,25,30)(H,27,28). The normalized spacial score (nSPS) is 10.5. The zero-order valence-electron chi connectivity index (χ0n) is 15.6. The topological polar surface area (TPSA) is 100 Å². The lowest BCUT2D eigenvalue weighted by atomic mass is 10.2. The Hall–Kier alpha value is -3.29. The number of carboxylic acid groups (broad SMARTS) is 1. The van der Waals surface area contributed by atoms with Crippen LogP contribution < -0.4 is 10.7 Å². The highest BCUT2D eigenvalue weighted by molar-refractivity contribution is 6.43. The van der Waals surface area contributed by atoms with Crippen LogP contribution in [0.4, 0.5) is 5.69 Å². The molecule has 0 aliphatic heterocycles. The molecule has 3 N–H and O–H groups in total. The van der Waals surface area contributed by atoms with Gasteiger partial charge in [-0.05, 0) is 30.3 Å². The molecule has 9 heteroatoms. The summed E-state index contributed by atoms with van der Waals surface area (Å²) in [5, 5.41) is 12.0. The Labute approximate surface area is 182 Å². The minimum Gasteiger partial charge on any atom is -0.481 e. The third kappa shape index (κ3) is 5.40. The van der Waals surface area contributed by atoms with Crippen molar-refractivity contribution in [1.82, 2.24) is 4.68 Å². The van der Waals surface area contributed by atoms with Crippen LogP contribution in [0.25, 0.3) is 11.3 Å². The van der Waals surface area contributed by atoms with Gasteiger partial charge in [-0.1, -0.05) is 53.5 Å². The maximum Gasteiger partial charge on any atom is 0.328 e. The molecule has 0 aliphatic rings.